The third-order valence-corrected chi connectivity index (χ3v) is 9.38. The highest BCUT2D eigenvalue weighted by Gasteiger charge is 2.51. The first kappa shape index (κ1) is 41.9. The summed E-state index contributed by atoms with van der Waals surface area (Å²) in [6.07, 6.45) is 5.07. The number of ether oxygens (including phenoxy) is 5. The lowest BCUT2D eigenvalue weighted by Crippen LogP contribution is -2.62. The Balaban J connectivity index is 1.64. The molecule has 16 heteroatoms. The first-order chi connectivity index (χ1) is 24.7. The third-order valence-electron chi connectivity index (χ3n) is 9.38. The normalized spacial score (nSPS) is 43.9. The number of cyclic esters (lactones) is 1. The smallest absolute Gasteiger partial charge is 0.330 e. The predicted octanol–water partition coefficient (Wildman–Crippen LogP) is -1.50. The molecule has 0 radical (unpaired) electrons. The van der Waals surface area contributed by atoms with E-state index in [1.54, 1.807) is 56.4 Å². The second kappa shape index (κ2) is 19.5. The zero-order chi connectivity index (χ0) is 38.0. The fourth-order valence-corrected chi connectivity index (χ4v) is 6.47. The summed E-state index contributed by atoms with van der Waals surface area (Å²) in [5.41, 5.74) is 6.03. The molecule has 3 saturated heterocycles. The maximum atomic E-state index is 13.5. The van der Waals surface area contributed by atoms with Gasteiger partial charge in [0.1, 0.15) is 18.3 Å². The summed E-state index contributed by atoms with van der Waals surface area (Å²) in [6.45, 7) is 2.16. The Morgan fingerprint density at radius 1 is 0.962 bits per heavy atom. The van der Waals surface area contributed by atoms with Gasteiger partial charge in [-0.25, -0.2) is 4.79 Å². The number of nitrogens with two attached hydrogens (primary N) is 1. The van der Waals surface area contributed by atoms with Gasteiger partial charge in [-0.15, -0.1) is 0 Å². The maximum Gasteiger partial charge on any atom is 0.330 e. The molecule has 0 aromatic heterocycles. The molecular formula is C36H54N2O14. The third kappa shape index (κ3) is 12.1. The molecule has 0 unspecified atom stereocenters. The van der Waals surface area contributed by atoms with Crippen molar-refractivity contribution in [3.05, 3.63) is 60.8 Å². The molecule has 52 heavy (non-hydrogen) atoms. The number of carbonyl (C=O) groups is 2. The van der Waals surface area contributed by atoms with E-state index in [-0.39, 0.29) is 25.4 Å². The van der Waals surface area contributed by atoms with Crippen LogP contribution in [-0.4, -0.2) is 146 Å². The quantitative estimate of drug-likeness (QED) is 0.111. The number of amides is 1. The first-order valence-electron chi connectivity index (χ1n) is 17.7. The fourth-order valence-electron chi connectivity index (χ4n) is 6.47. The van der Waals surface area contributed by atoms with Gasteiger partial charge >= 0.3 is 5.97 Å². The summed E-state index contributed by atoms with van der Waals surface area (Å²) in [5, 5.41) is 76.7. The van der Waals surface area contributed by atoms with Crippen LogP contribution >= 0.6 is 0 Å². The van der Waals surface area contributed by atoms with Gasteiger partial charge in [0, 0.05) is 38.2 Å². The zero-order valence-electron chi connectivity index (χ0n) is 29.4. The molecule has 292 valence electrons. The molecule has 0 spiro atoms. The first-order valence-corrected chi connectivity index (χ1v) is 17.7. The summed E-state index contributed by atoms with van der Waals surface area (Å²) in [4.78, 5) is 25.7. The van der Waals surface area contributed by atoms with Gasteiger partial charge in [0.15, 0.2) is 12.1 Å². The molecule has 0 aliphatic carbocycles. The van der Waals surface area contributed by atoms with Crippen molar-refractivity contribution in [1.29, 1.82) is 0 Å². The number of aliphatic hydroxyl groups excluding tert-OH is 6. The highest BCUT2D eigenvalue weighted by Crippen LogP contribution is 2.39. The molecule has 0 saturated carbocycles. The number of allylic oxidation sites excluding steroid dienone is 6. The van der Waals surface area contributed by atoms with Gasteiger partial charge < -0.3 is 70.5 Å². The predicted molar refractivity (Wildman–Crippen MR) is 184 cm³/mol. The van der Waals surface area contributed by atoms with Crippen LogP contribution in [-0.2, 0) is 33.3 Å². The number of carbonyl (C=O) groups excluding carboxylic acids is 2. The van der Waals surface area contributed by atoms with Crippen molar-refractivity contribution < 1.29 is 69.0 Å². The molecule has 1 amide bonds. The van der Waals surface area contributed by atoms with E-state index in [4.69, 9.17) is 29.4 Å². The number of hydrogen-bond donors (Lipinski definition) is 9. The molecular weight excluding hydrogens is 684 g/mol. The van der Waals surface area contributed by atoms with Gasteiger partial charge in [0.2, 0.25) is 5.91 Å². The molecule has 2 bridgehead atoms. The zero-order valence-corrected chi connectivity index (χ0v) is 29.4. The van der Waals surface area contributed by atoms with Crippen LogP contribution in [0.15, 0.2) is 60.8 Å². The number of nitrogens with one attached hydrogen (secondary N) is 1. The summed E-state index contributed by atoms with van der Waals surface area (Å²) >= 11 is 0. The van der Waals surface area contributed by atoms with E-state index in [1.807, 2.05) is 6.08 Å². The van der Waals surface area contributed by atoms with E-state index in [0.29, 0.717) is 6.42 Å². The van der Waals surface area contributed by atoms with E-state index in [0.717, 1.165) is 0 Å². The van der Waals surface area contributed by atoms with Crippen LogP contribution in [0.5, 0.6) is 0 Å². The monoisotopic (exact) mass is 738 g/mol. The van der Waals surface area contributed by atoms with Gasteiger partial charge in [-0.1, -0.05) is 48.6 Å². The highest BCUT2D eigenvalue weighted by molar-refractivity contribution is 5.82. The minimum atomic E-state index is -2.13. The van der Waals surface area contributed by atoms with Crippen molar-refractivity contribution in [3.8, 4) is 0 Å². The number of hydrogen-bond acceptors (Lipinski definition) is 15. The molecule has 4 aliphatic heterocycles. The molecule has 4 heterocycles. The molecule has 0 aromatic rings. The summed E-state index contributed by atoms with van der Waals surface area (Å²) in [5.74, 6) is -4.78. The Kier molecular flexibility index (Phi) is 15.7. The van der Waals surface area contributed by atoms with Crippen molar-refractivity contribution >= 4 is 11.9 Å². The van der Waals surface area contributed by atoms with Crippen LogP contribution < -0.4 is 11.1 Å². The van der Waals surface area contributed by atoms with Crippen LogP contribution in [0.4, 0.5) is 0 Å². The number of rotatable bonds is 6. The average molecular weight is 739 g/mol. The number of aliphatic hydroxyl groups is 7. The van der Waals surface area contributed by atoms with E-state index < -0.39 is 117 Å². The highest BCUT2D eigenvalue weighted by atomic mass is 16.7. The minimum Gasteiger partial charge on any atom is -0.459 e. The van der Waals surface area contributed by atoms with Crippen LogP contribution in [0.3, 0.4) is 0 Å². The van der Waals surface area contributed by atoms with Gasteiger partial charge in [0.05, 0.1) is 73.9 Å². The largest absolute Gasteiger partial charge is 0.459 e. The molecule has 4 rings (SSSR count). The second-order valence-electron chi connectivity index (χ2n) is 13.8. The van der Waals surface area contributed by atoms with Crippen molar-refractivity contribution in [2.45, 2.75) is 131 Å². The molecule has 0 aromatic carbocycles. The average Bonchev–Trinajstić information content (AvgIpc) is 3.82. The Bertz CT molecular complexity index is 1320. The Hall–Kier alpha value is -2.84. The standard InChI is InChI=1S/C36H54N2O14/c1-20-10-8-6-4-3-5-7-9-11-24(50-35-33(45)31(37)32(44)21(2)49-35)15-28-30(34(46)38-22(18-39)19-40)25(42)17-36(47,52-28)16-23(41)14-27-26(51-27)12-13-29(43)48-20/h3-9,11-13,20-28,30-33,35,39-42,44-45,47H,10,14-19,37H2,1-2H3,(H,38,46)/b4-3+,7-5+,8-6+,11-9+,13-12+/t20-,21-,23+,24+,25+,26-,27-,28+,30-,31+,32-,33+,35+,36-/m1/s1. The SMILES string of the molecule is C[C@@H]1C/C=C/C=C/C=C/C=C/[C@H](O[C@@H]2O[C@H](C)[C@@H](O)[C@H](N)[C@@H]2O)C[C@@H]2O[C@](O)(C[C@@H](O)C[C@H]3O[C@@H]3/C=C/C(=O)O1)C[C@H](O)[C@H]2C(=O)NC(CO)CO. The molecule has 10 N–H and O–H groups in total. The molecule has 14 atom stereocenters. The van der Waals surface area contributed by atoms with Crippen molar-refractivity contribution in [2.75, 3.05) is 13.2 Å². The Morgan fingerprint density at radius 3 is 2.37 bits per heavy atom. The number of esters is 1. The number of fused-ring (bicyclic) bond motifs is 3. The van der Waals surface area contributed by atoms with Crippen LogP contribution in [0, 0.1) is 5.92 Å². The van der Waals surface area contributed by atoms with Crippen molar-refractivity contribution in [3.63, 3.8) is 0 Å². The van der Waals surface area contributed by atoms with E-state index in [1.165, 1.54) is 12.2 Å². The van der Waals surface area contributed by atoms with Gasteiger partial charge in [-0.05, 0) is 19.9 Å². The van der Waals surface area contributed by atoms with Crippen LogP contribution in [0.25, 0.3) is 0 Å². The molecule has 4 aliphatic rings. The maximum absolute atomic E-state index is 13.5. The molecule has 16 nitrogen and oxygen atoms in total. The van der Waals surface area contributed by atoms with Crippen molar-refractivity contribution in [2.24, 2.45) is 11.7 Å². The fraction of sp³-hybridized carbons (Fsp3) is 0.667. The summed E-state index contributed by atoms with van der Waals surface area (Å²) < 4.78 is 28.9. The Labute approximate surface area is 302 Å². The van der Waals surface area contributed by atoms with Crippen LogP contribution in [0.1, 0.15) is 46.0 Å². The minimum absolute atomic E-state index is 0.0613. The van der Waals surface area contributed by atoms with E-state index in [2.05, 4.69) is 5.32 Å². The van der Waals surface area contributed by atoms with Crippen molar-refractivity contribution in [1.82, 2.24) is 5.32 Å². The lowest BCUT2D eigenvalue weighted by atomic mass is 9.82. The second-order valence-corrected chi connectivity index (χ2v) is 13.8. The van der Waals surface area contributed by atoms with Gasteiger partial charge in [0.25, 0.3) is 0 Å². The number of epoxide rings is 1. The van der Waals surface area contributed by atoms with Gasteiger partial charge in [-0.3, -0.25) is 4.79 Å². The van der Waals surface area contributed by atoms with E-state index >= 15 is 0 Å². The Morgan fingerprint density at radius 2 is 1.65 bits per heavy atom. The summed E-state index contributed by atoms with van der Waals surface area (Å²) in [7, 11) is 0. The van der Waals surface area contributed by atoms with Crippen LogP contribution in [0.2, 0.25) is 0 Å². The lowest BCUT2D eigenvalue weighted by molar-refractivity contribution is -0.306. The summed E-state index contributed by atoms with van der Waals surface area (Å²) in [6, 6.07) is -2.14. The lowest BCUT2D eigenvalue weighted by Gasteiger charge is -2.46. The van der Waals surface area contributed by atoms with E-state index in [9.17, 15) is 45.3 Å². The van der Waals surface area contributed by atoms with Gasteiger partial charge in [-0.2, -0.15) is 0 Å². The topological polar surface area (TPSA) is 263 Å². The molecule has 3 fully saturated rings.